The van der Waals surface area contributed by atoms with E-state index in [-0.39, 0.29) is 11.1 Å². The van der Waals surface area contributed by atoms with E-state index >= 15 is 0 Å². The molecule has 1 spiro atoms. The van der Waals surface area contributed by atoms with Gasteiger partial charge in [-0.25, -0.2) is 15.0 Å². The number of phenolic OH excluding ortho intramolecular Hbond substituents is 1. The first-order valence-electron chi connectivity index (χ1n) is 10.3. The average Bonchev–Trinajstić information content (AvgIpc) is 3.32. The highest BCUT2D eigenvalue weighted by atomic mass is 19.4. The topological polar surface area (TPSA) is 85.5 Å². The van der Waals surface area contributed by atoms with Gasteiger partial charge in [-0.05, 0) is 24.6 Å². The van der Waals surface area contributed by atoms with Crippen molar-refractivity contribution in [1.82, 2.24) is 19.5 Å². The zero-order valence-corrected chi connectivity index (χ0v) is 17.6. The Balaban J connectivity index is 1.47. The molecule has 2 saturated heterocycles. The molecule has 5 rings (SSSR count). The number of aryl methyl sites for hydroxylation is 2. The van der Waals surface area contributed by atoms with Crippen LogP contribution in [-0.2, 0) is 22.7 Å². The van der Waals surface area contributed by atoms with Crippen LogP contribution in [0.4, 0.5) is 19.0 Å². The van der Waals surface area contributed by atoms with Gasteiger partial charge in [0.2, 0.25) is 0 Å². The second kappa shape index (κ2) is 7.31. The van der Waals surface area contributed by atoms with E-state index in [2.05, 4.69) is 19.9 Å². The molecule has 1 N–H and O–H groups in total. The third kappa shape index (κ3) is 3.45. The number of nitrogens with zero attached hydrogens (tertiary/aromatic N) is 5. The van der Waals surface area contributed by atoms with E-state index in [4.69, 9.17) is 9.47 Å². The number of hydrogen-bond acceptors (Lipinski definition) is 7. The van der Waals surface area contributed by atoms with Gasteiger partial charge in [-0.1, -0.05) is 0 Å². The third-order valence-corrected chi connectivity index (χ3v) is 6.10. The minimum atomic E-state index is -4.55. The van der Waals surface area contributed by atoms with Crippen molar-refractivity contribution in [1.29, 1.82) is 0 Å². The summed E-state index contributed by atoms with van der Waals surface area (Å²) in [5.74, 6) is -0.0347. The maximum absolute atomic E-state index is 13.1. The molecule has 8 nitrogen and oxygen atoms in total. The van der Waals surface area contributed by atoms with E-state index in [9.17, 15) is 18.3 Å². The molecule has 2 aromatic heterocycles. The molecule has 4 heterocycles. The number of halogens is 3. The van der Waals surface area contributed by atoms with E-state index in [0.717, 1.165) is 18.9 Å². The molecule has 0 amide bonds. The summed E-state index contributed by atoms with van der Waals surface area (Å²) in [6.45, 7) is 4.11. The number of aromatic hydroxyl groups is 1. The SMILES string of the molecule is Cc1cc(C(F)(F)F)cc(O)c1-c1nc2nc(N3CCC4(CC3)OCCO4)cnc2n1C. The standard InChI is InChI=1S/C21H22F3N5O3/c1-12-9-13(21(22,23)24)10-14(30)16(12)18-27-17-19(28(18)2)25-11-15(26-17)29-5-3-20(4-6-29)31-7-8-32-20/h9-11,30H,3-8H2,1-2H3. The van der Waals surface area contributed by atoms with Gasteiger partial charge in [0.25, 0.3) is 0 Å². The van der Waals surface area contributed by atoms with Crippen LogP contribution >= 0.6 is 0 Å². The minimum absolute atomic E-state index is 0.220. The summed E-state index contributed by atoms with van der Waals surface area (Å²) < 4.78 is 52.4. The number of piperidine rings is 1. The van der Waals surface area contributed by atoms with Crippen molar-refractivity contribution in [3.63, 3.8) is 0 Å². The zero-order chi connectivity index (χ0) is 22.7. The van der Waals surface area contributed by atoms with Crippen molar-refractivity contribution < 1.29 is 27.8 Å². The Kier molecular flexibility index (Phi) is 4.79. The summed E-state index contributed by atoms with van der Waals surface area (Å²) in [7, 11) is 1.69. The van der Waals surface area contributed by atoms with Gasteiger partial charge in [-0.15, -0.1) is 0 Å². The summed E-state index contributed by atoms with van der Waals surface area (Å²) in [6.07, 6.45) is -1.45. The van der Waals surface area contributed by atoms with Crippen LogP contribution < -0.4 is 4.90 Å². The number of hydrogen-bond donors (Lipinski definition) is 1. The van der Waals surface area contributed by atoms with Crippen molar-refractivity contribution in [3.05, 3.63) is 29.5 Å². The van der Waals surface area contributed by atoms with E-state index < -0.39 is 23.3 Å². The predicted molar refractivity (Wildman–Crippen MR) is 109 cm³/mol. The Hall–Kier alpha value is -2.92. The van der Waals surface area contributed by atoms with E-state index in [1.165, 1.54) is 6.92 Å². The fourth-order valence-electron chi connectivity index (χ4n) is 4.41. The Bertz CT molecular complexity index is 1150. The monoisotopic (exact) mass is 449 g/mol. The maximum atomic E-state index is 13.1. The van der Waals surface area contributed by atoms with Gasteiger partial charge < -0.3 is 24.0 Å². The number of ether oxygens (including phenoxy) is 2. The van der Waals surface area contributed by atoms with Crippen LogP contribution in [0.3, 0.4) is 0 Å². The van der Waals surface area contributed by atoms with Gasteiger partial charge in [-0.3, -0.25) is 0 Å². The molecule has 0 radical (unpaired) electrons. The highest BCUT2D eigenvalue weighted by Gasteiger charge is 2.40. The van der Waals surface area contributed by atoms with E-state index in [0.29, 0.717) is 55.3 Å². The molecule has 0 aliphatic carbocycles. The predicted octanol–water partition coefficient (Wildman–Crippen LogP) is 3.41. The fraction of sp³-hybridized carbons (Fsp3) is 0.476. The Labute approximate surface area is 181 Å². The molecule has 2 fully saturated rings. The molecule has 0 saturated carbocycles. The summed E-state index contributed by atoms with van der Waals surface area (Å²) in [4.78, 5) is 15.7. The van der Waals surface area contributed by atoms with Gasteiger partial charge in [0.1, 0.15) is 17.4 Å². The molecule has 11 heteroatoms. The molecule has 2 aliphatic heterocycles. The highest BCUT2D eigenvalue weighted by molar-refractivity contribution is 5.79. The normalized spacial score (nSPS) is 18.7. The van der Waals surface area contributed by atoms with Gasteiger partial charge in [0.05, 0.1) is 30.5 Å². The number of benzene rings is 1. The smallest absolute Gasteiger partial charge is 0.416 e. The first kappa shape index (κ1) is 21.0. The lowest BCUT2D eigenvalue weighted by atomic mass is 10.0. The van der Waals surface area contributed by atoms with Gasteiger partial charge in [0.15, 0.2) is 17.1 Å². The van der Waals surface area contributed by atoms with E-state index in [1.54, 1.807) is 17.8 Å². The molecule has 32 heavy (non-hydrogen) atoms. The lowest BCUT2D eigenvalue weighted by Crippen LogP contribution is -2.45. The third-order valence-electron chi connectivity index (χ3n) is 6.10. The number of imidazole rings is 1. The van der Waals surface area contributed by atoms with Crippen molar-refractivity contribution in [2.45, 2.75) is 31.7 Å². The Morgan fingerprint density at radius 3 is 2.41 bits per heavy atom. The molecule has 2 aliphatic rings. The van der Waals surface area contributed by atoms with E-state index in [1.807, 2.05) is 0 Å². The number of aromatic nitrogens is 4. The molecule has 3 aromatic rings. The summed E-state index contributed by atoms with van der Waals surface area (Å²) in [5.41, 5.74) is 0.392. The number of alkyl halides is 3. The number of phenols is 1. The van der Waals surface area contributed by atoms with Crippen molar-refractivity contribution in [3.8, 4) is 17.1 Å². The van der Waals surface area contributed by atoms with Crippen molar-refractivity contribution >= 4 is 17.1 Å². The van der Waals surface area contributed by atoms with Gasteiger partial charge in [0, 0.05) is 33.0 Å². The average molecular weight is 449 g/mol. The van der Waals surface area contributed by atoms with Crippen LogP contribution in [0.25, 0.3) is 22.7 Å². The number of anilines is 1. The summed E-state index contributed by atoms with van der Waals surface area (Å²) >= 11 is 0. The van der Waals surface area contributed by atoms with Crippen molar-refractivity contribution in [2.24, 2.45) is 7.05 Å². The molecular formula is C21H22F3N5O3. The van der Waals surface area contributed by atoms with Gasteiger partial charge in [-0.2, -0.15) is 13.2 Å². The lowest BCUT2D eigenvalue weighted by molar-refractivity contribution is -0.169. The summed E-state index contributed by atoms with van der Waals surface area (Å²) in [5, 5.41) is 10.4. The van der Waals surface area contributed by atoms with Gasteiger partial charge >= 0.3 is 6.18 Å². The second-order valence-corrected chi connectivity index (χ2v) is 8.15. The second-order valence-electron chi connectivity index (χ2n) is 8.15. The molecule has 0 unspecified atom stereocenters. The number of fused-ring (bicyclic) bond motifs is 1. The van der Waals surface area contributed by atoms with Crippen LogP contribution in [0.5, 0.6) is 5.75 Å². The quantitative estimate of drug-likeness (QED) is 0.642. The molecule has 0 bridgehead atoms. The molecular weight excluding hydrogens is 427 g/mol. The molecule has 1 aromatic carbocycles. The number of rotatable bonds is 2. The Morgan fingerprint density at radius 1 is 1.09 bits per heavy atom. The van der Waals surface area contributed by atoms with Crippen LogP contribution in [-0.4, -0.2) is 56.7 Å². The van der Waals surface area contributed by atoms with Crippen LogP contribution in [0, 0.1) is 6.92 Å². The minimum Gasteiger partial charge on any atom is -0.507 e. The van der Waals surface area contributed by atoms with Crippen LogP contribution in [0.2, 0.25) is 0 Å². The largest absolute Gasteiger partial charge is 0.507 e. The molecule has 170 valence electrons. The highest BCUT2D eigenvalue weighted by Crippen LogP contribution is 2.39. The fourth-order valence-corrected chi connectivity index (χ4v) is 4.41. The first-order valence-corrected chi connectivity index (χ1v) is 10.3. The molecule has 0 atom stereocenters. The Morgan fingerprint density at radius 2 is 1.78 bits per heavy atom. The summed E-state index contributed by atoms with van der Waals surface area (Å²) in [6, 6.07) is 1.71. The lowest BCUT2D eigenvalue weighted by Gasteiger charge is -2.37. The van der Waals surface area contributed by atoms with Crippen LogP contribution in [0.1, 0.15) is 24.0 Å². The first-order chi connectivity index (χ1) is 15.2. The van der Waals surface area contributed by atoms with Crippen LogP contribution in [0.15, 0.2) is 18.3 Å². The maximum Gasteiger partial charge on any atom is 0.416 e. The zero-order valence-electron chi connectivity index (χ0n) is 17.6. The van der Waals surface area contributed by atoms with Crippen molar-refractivity contribution in [2.75, 3.05) is 31.2 Å².